The second-order valence-corrected chi connectivity index (χ2v) is 5.35. The van der Waals surface area contributed by atoms with Crippen molar-refractivity contribution < 1.29 is 4.74 Å². The van der Waals surface area contributed by atoms with Crippen LogP contribution in [-0.4, -0.2) is 13.2 Å². The molecule has 0 heterocycles. The standard InChI is InChI=1S/C16H30BrO/c1-2-3-4-5-9-12-15-18-16-13-10-7-6-8-11-14-17/h3-4,14H,2,5-13,15-16H2,1H3/b4-3-. The fourth-order valence-electron chi connectivity index (χ4n) is 1.81. The Morgan fingerprint density at radius 2 is 1.39 bits per heavy atom. The molecule has 1 nitrogen and oxygen atoms in total. The summed E-state index contributed by atoms with van der Waals surface area (Å²) in [6.07, 6.45) is 17.1. The molecule has 2 heteroatoms. The fourth-order valence-corrected chi connectivity index (χ4v) is 2.13. The minimum Gasteiger partial charge on any atom is -0.381 e. The van der Waals surface area contributed by atoms with Crippen LogP contribution in [-0.2, 0) is 4.74 Å². The van der Waals surface area contributed by atoms with E-state index in [0.29, 0.717) is 0 Å². The molecule has 0 aromatic rings. The van der Waals surface area contributed by atoms with Crippen molar-refractivity contribution in [2.45, 2.75) is 71.1 Å². The molecule has 0 aromatic carbocycles. The van der Waals surface area contributed by atoms with Gasteiger partial charge in [-0.15, -0.1) is 0 Å². The predicted octanol–water partition coefficient (Wildman–Crippen LogP) is 6.04. The smallest absolute Gasteiger partial charge is 0.0466 e. The highest BCUT2D eigenvalue weighted by Gasteiger charge is 1.92. The van der Waals surface area contributed by atoms with E-state index < -0.39 is 0 Å². The van der Waals surface area contributed by atoms with E-state index >= 15 is 0 Å². The van der Waals surface area contributed by atoms with Crippen molar-refractivity contribution in [3.63, 3.8) is 0 Å². The number of unbranched alkanes of at least 4 members (excludes halogenated alkanes) is 7. The SMILES string of the molecule is CC/C=C\CCCCOCCCCCCC[CH]Br. The van der Waals surface area contributed by atoms with Crippen molar-refractivity contribution in [3.05, 3.63) is 17.5 Å². The van der Waals surface area contributed by atoms with Crippen molar-refractivity contribution in [1.29, 1.82) is 0 Å². The average molecular weight is 318 g/mol. The van der Waals surface area contributed by atoms with Gasteiger partial charge in [-0.1, -0.05) is 60.7 Å². The lowest BCUT2D eigenvalue weighted by Gasteiger charge is -2.03. The van der Waals surface area contributed by atoms with Gasteiger partial charge < -0.3 is 4.74 Å². The van der Waals surface area contributed by atoms with E-state index in [1.165, 1.54) is 57.8 Å². The number of hydrogen-bond acceptors (Lipinski definition) is 1. The Balaban J connectivity index is 2.92. The van der Waals surface area contributed by atoms with Gasteiger partial charge in [-0.25, -0.2) is 0 Å². The molecule has 0 saturated carbocycles. The summed E-state index contributed by atoms with van der Waals surface area (Å²) in [6.45, 7) is 4.08. The number of rotatable bonds is 14. The lowest BCUT2D eigenvalue weighted by Crippen LogP contribution is -1.97. The Kier molecular flexibility index (Phi) is 17.4. The molecule has 0 aliphatic carbocycles. The van der Waals surface area contributed by atoms with Gasteiger partial charge in [-0.2, -0.15) is 0 Å². The maximum Gasteiger partial charge on any atom is 0.0466 e. The van der Waals surface area contributed by atoms with E-state index in [4.69, 9.17) is 4.74 Å². The maximum absolute atomic E-state index is 5.63. The van der Waals surface area contributed by atoms with Crippen molar-refractivity contribution >= 4 is 15.9 Å². The highest BCUT2D eigenvalue weighted by molar-refractivity contribution is 9.10. The van der Waals surface area contributed by atoms with Crippen LogP contribution in [0.5, 0.6) is 0 Å². The highest BCUT2D eigenvalue weighted by atomic mass is 79.9. The number of halogens is 1. The minimum absolute atomic E-state index is 0.943. The van der Waals surface area contributed by atoms with Crippen LogP contribution in [0.15, 0.2) is 12.2 Å². The van der Waals surface area contributed by atoms with E-state index in [9.17, 15) is 0 Å². The summed E-state index contributed by atoms with van der Waals surface area (Å²) >= 11 is 3.34. The van der Waals surface area contributed by atoms with Crippen LogP contribution in [0.3, 0.4) is 0 Å². The first kappa shape index (κ1) is 18.2. The summed E-state index contributed by atoms with van der Waals surface area (Å²) in [7, 11) is 0. The topological polar surface area (TPSA) is 9.23 Å². The molecule has 0 aromatic heterocycles. The normalized spacial score (nSPS) is 11.4. The molecule has 0 atom stereocenters. The minimum atomic E-state index is 0.943. The van der Waals surface area contributed by atoms with Crippen LogP contribution in [0, 0.1) is 5.33 Å². The van der Waals surface area contributed by atoms with Gasteiger partial charge in [0.1, 0.15) is 0 Å². The van der Waals surface area contributed by atoms with Crippen molar-refractivity contribution in [1.82, 2.24) is 0 Å². The molecule has 107 valence electrons. The summed E-state index contributed by atoms with van der Waals surface area (Å²) in [5.74, 6) is 0. The fraction of sp³-hybridized carbons (Fsp3) is 0.812. The second-order valence-electron chi connectivity index (χ2n) is 4.70. The zero-order valence-electron chi connectivity index (χ0n) is 12.0. The molecular formula is C16H30BrO. The first-order valence-electron chi connectivity index (χ1n) is 7.56. The number of ether oxygens (including phenoxy) is 1. The molecule has 1 radical (unpaired) electrons. The Bertz CT molecular complexity index is 168. The van der Waals surface area contributed by atoms with Gasteiger partial charge in [0.05, 0.1) is 0 Å². The lowest BCUT2D eigenvalue weighted by atomic mass is 10.1. The Morgan fingerprint density at radius 1 is 0.778 bits per heavy atom. The summed E-state index contributed by atoms with van der Waals surface area (Å²) < 4.78 is 5.63. The Hall–Kier alpha value is 0.180. The predicted molar refractivity (Wildman–Crippen MR) is 85.0 cm³/mol. The summed E-state index contributed by atoms with van der Waals surface area (Å²) in [5.41, 5.74) is 0. The first-order valence-corrected chi connectivity index (χ1v) is 8.48. The van der Waals surface area contributed by atoms with Gasteiger partial charge in [-0.3, -0.25) is 0 Å². The third-order valence-electron chi connectivity index (χ3n) is 2.91. The van der Waals surface area contributed by atoms with E-state index in [1.54, 1.807) is 0 Å². The zero-order valence-corrected chi connectivity index (χ0v) is 13.6. The third-order valence-corrected chi connectivity index (χ3v) is 3.37. The highest BCUT2D eigenvalue weighted by Crippen LogP contribution is 2.08. The summed E-state index contributed by atoms with van der Waals surface area (Å²) in [4.78, 5) is 0. The summed E-state index contributed by atoms with van der Waals surface area (Å²) in [6, 6.07) is 0. The maximum atomic E-state index is 5.63. The molecule has 0 unspecified atom stereocenters. The molecular weight excluding hydrogens is 288 g/mol. The molecule has 0 N–H and O–H groups in total. The van der Waals surface area contributed by atoms with E-state index in [1.807, 2.05) is 0 Å². The van der Waals surface area contributed by atoms with Crippen molar-refractivity contribution in [3.8, 4) is 0 Å². The lowest BCUT2D eigenvalue weighted by molar-refractivity contribution is 0.126. The molecule has 18 heavy (non-hydrogen) atoms. The van der Waals surface area contributed by atoms with Gasteiger partial charge in [-0.05, 0) is 38.5 Å². The molecule has 0 fully saturated rings. The first-order chi connectivity index (χ1) is 8.91. The van der Waals surface area contributed by atoms with Crippen LogP contribution >= 0.6 is 15.9 Å². The van der Waals surface area contributed by atoms with Crippen molar-refractivity contribution in [2.75, 3.05) is 13.2 Å². The van der Waals surface area contributed by atoms with Gasteiger partial charge >= 0.3 is 0 Å². The Morgan fingerprint density at radius 3 is 2.11 bits per heavy atom. The van der Waals surface area contributed by atoms with E-state index in [0.717, 1.165) is 19.6 Å². The molecule has 0 amide bonds. The van der Waals surface area contributed by atoms with E-state index in [-0.39, 0.29) is 0 Å². The molecule has 0 aliphatic heterocycles. The van der Waals surface area contributed by atoms with Crippen LogP contribution in [0.2, 0.25) is 0 Å². The Labute approximate surface area is 123 Å². The molecule has 0 rings (SSSR count). The third kappa shape index (κ3) is 16.2. The largest absolute Gasteiger partial charge is 0.381 e. The molecule has 0 bridgehead atoms. The number of allylic oxidation sites excluding steroid dienone is 2. The molecule has 0 aliphatic rings. The van der Waals surface area contributed by atoms with Crippen molar-refractivity contribution in [2.24, 2.45) is 0 Å². The molecule has 0 spiro atoms. The van der Waals surface area contributed by atoms with Crippen LogP contribution in [0.1, 0.15) is 71.1 Å². The average Bonchev–Trinajstić information content (AvgIpc) is 2.39. The molecule has 0 saturated heterocycles. The quantitative estimate of drug-likeness (QED) is 0.280. The number of hydrogen-bond donors (Lipinski definition) is 0. The zero-order chi connectivity index (χ0) is 13.3. The van der Waals surface area contributed by atoms with Crippen LogP contribution in [0.4, 0.5) is 0 Å². The van der Waals surface area contributed by atoms with Gasteiger partial charge in [0.2, 0.25) is 0 Å². The monoisotopic (exact) mass is 317 g/mol. The van der Waals surface area contributed by atoms with Crippen LogP contribution in [0.25, 0.3) is 0 Å². The second kappa shape index (κ2) is 17.2. The van der Waals surface area contributed by atoms with Gasteiger partial charge in [0, 0.05) is 18.5 Å². The summed E-state index contributed by atoms with van der Waals surface area (Å²) in [5, 5.41) is 2.08. The van der Waals surface area contributed by atoms with E-state index in [2.05, 4.69) is 40.3 Å². The van der Waals surface area contributed by atoms with Crippen LogP contribution < -0.4 is 0 Å². The van der Waals surface area contributed by atoms with Gasteiger partial charge in [0.15, 0.2) is 0 Å². The van der Waals surface area contributed by atoms with Gasteiger partial charge in [0.25, 0.3) is 0 Å².